The fourth-order valence-electron chi connectivity index (χ4n) is 5.00. The van der Waals surface area contributed by atoms with E-state index in [-0.39, 0.29) is 23.6 Å². The van der Waals surface area contributed by atoms with Crippen molar-refractivity contribution < 1.29 is 9.59 Å². The van der Waals surface area contributed by atoms with Gasteiger partial charge in [-0.05, 0) is 37.5 Å². The van der Waals surface area contributed by atoms with E-state index in [1.165, 1.54) is 6.42 Å². The van der Waals surface area contributed by atoms with Crippen LogP contribution in [0.3, 0.4) is 0 Å². The Bertz CT molecular complexity index is 1230. The predicted molar refractivity (Wildman–Crippen MR) is 136 cm³/mol. The molecule has 0 aromatic heterocycles. The van der Waals surface area contributed by atoms with E-state index in [1.807, 2.05) is 78.6 Å². The van der Waals surface area contributed by atoms with Crippen molar-refractivity contribution in [2.45, 2.75) is 51.1 Å². The molecule has 5 rings (SSSR count). The first kappa shape index (κ1) is 22.1. The minimum atomic E-state index is -0.681. The molecule has 0 saturated heterocycles. The van der Waals surface area contributed by atoms with Crippen LogP contribution >= 0.6 is 0 Å². The van der Waals surface area contributed by atoms with E-state index >= 15 is 0 Å². The second-order valence-corrected chi connectivity index (χ2v) is 9.09. The van der Waals surface area contributed by atoms with Crippen LogP contribution in [0, 0.1) is 6.92 Å². The topological polar surface area (TPSA) is 61.8 Å². The standard InChI is InChI=1S/C29H29N3O2/c1-20-12-8-11-19-25(20)32-26(29(34)30-22-15-6-3-7-16-22)23-17-9-10-18-24(23)31-28(32)27(33)21-13-4-2-5-14-21/h2,4-5,8-14,17-19,22,26H,3,6-7,15-16H2,1H3,(H,30,34). The molecule has 1 saturated carbocycles. The number of carbonyl (C=O) groups excluding carboxylic acids is 2. The molecule has 1 fully saturated rings. The van der Waals surface area contributed by atoms with Crippen LogP contribution < -0.4 is 10.2 Å². The molecule has 3 aromatic rings. The van der Waals surface area contributed by atoms with Crippen molar-refractivity contribution >= 4 is 28.9 Å². The number of nitrogens with one attached hydrogen (secondary N) is 1. The van der Waals surface area contributed by atoms with Crippen molar-refractivity contribution in [3.8, 4) is 0 Å². The molecule has 2 aliphatic rings. The van der Waals surface area contributed by atoms with Gasteiger partial charge < -0.3 is 10.2 Å². The molecule has 1 amide bonds. The summed E-state index contributed by atoms with van der Waals surface area (Å²) in [6.07, 6.45) is 5.47. The Morgan fingerprint density at radius 2 is 1.53 bits per heavy atom. The molecule has 1 unspecified atom stereocenters. The van der Waals surface area contributed by atoms with Crippen LogP contribution in [-0.4, -0.2) is 23.6 Å². The predicted octanol–water partition coefficient (Wildman–Crippen LogP) is 5.92. The number of rotatable bonds is 5. The van der Waals surface area contributed by atoms with Gasteiger partial charge in [-0.25, -0.2) is 4.99 Å². The number of hydrogen-bond acceptors (Lipinski definition) is 4. The summed E-state index contributed by atoms with van der Waals surface area (Å²) in [5, 5.41) is 3.30. The number of anilines is 1. The van der Waals surface area contributed by atoms with Gasteiger partial charge in [-0.3, -0.25) is 9.59 Å². The highest BCUT2D eigenvalue weighted by molar-refractivity contribution is 6.50. The smallest absolute Gasteiger partial charge is 0.248 e. The minimum Gasteiger partial charge on any atom is -0.351 e. The second-order valence-electron chi connectivity index (χ2n) is 9.09. The first-order valence-corrected chi connectivity index (χ1v) is 12.1. The van der Waals surface area contributed by atoms with E-state index in [9.17, 15) is 9.59 Å². The van der Waals surface area contributed by atoms with E-state index < -0.39 is 6.04 Å². The number of benzene rings is 3. The number of ketones is 1. The lowest BCUT2D eigenvalue weighted by Crippen LogP contribution is -2.50. The largest absolute Gasteiger partial charge is 0.351 e. The average Bonchev–Trinajstić information content (AvgIpc) is 2.88. The first-order valence-electron chi connectivity index (χ1n) is 12.1. The third-order valence-corrected chi connectivity index (χ3v) is 6.76. The molecular formula is C29H29N3O2. The van der Waals surface area contributed by atoms with E-state index in [0.29, 0.717) is 11.3 Å². The van der Waals surface area contributed by atoms with Crippen LogP contribution in [0.1, 0.15) is 59.6 Å². The van der Waals surface area contributed by atoms with E-state index in [0.717, 1.165) is 42.5 Å². The molecule has 34 heavy (non-hydrogen) atoms. The molecule has 5 heteroatoms. The lowest BCUT2D eigenvalue weighted by atomic mass is 9.93. The minimum absolute atomic E-state index is 0.0872. The Hall–Kier alpha value is -3.73. The zero-order valence-corrected chi connectivity index (χ0v) is 19.4. The Labute approximate surface area is 200 Å². The summed E-state index contributed by atoms with van der Waals surface area (Å²) >= 11 is 0. The summed E-state index contributed by atoms with van der Waals surface area (Å²) in [5.41, 5.74) is 3.81. The molecule has 0 radical (unpaired) electrons. The van der Waals surface area contributed by atoms with Crippen LogP contribution in [0.4, 0.5) is 11.4 Å². The van der Waals surface area contributed by atoms with Gasteiger partial charge in [0.1, 0.15) is 6.04 Å². The normalized spacial score (nSPS) is 18.1. The molecule has 1 aliphatic carbocycles. The Morgan fingerprint density at radius 3 is 2.29 bits per heavy atom. The van der Waals surface area contributed by atoms with Gasteiger partial charge in [0, 0.05) is 22.9 Å². The van der Waals surface area contributed by atoms with Gasteiger partial charge in [-0.15, -0.1) is 0 Å². The molecule has 1 aliphatic heterocycles. The van der Waals surface area contributed by atoms with Crippen LogP contribution in [0.2, 0.25) is 0 Å². The molecule has 0 spiro atoms. The van der Waals surface area contributed by atoms with Gasteiger partial charge >= 0.3 is 0 Å². The fraction of sp³-hybridized carbons (Fsp3) is 0.276. The number of amidine groups is 1. The van der Waals surface area contributed by atoms with Crippen molar-refractivity contribution in [2.75, 3.05) is 4.90 Å². The maximum atomic E-state index is 13.9. The van der Waals surface area contributed by atoms with Gasteiger partial charge in [0.2, 0.25) is 11.7 Å². The monoisotopic (exact) mass is 451 g/mol. The Kier molecular flexibility index (Phi) is 6.26. The molecule has 172 valence electrons. The lowest BCUT2D eigenvalue weighted by Gasteiger charge is -2.38. The second kappa shape index (κ2) is 9.64. The molecule has 1 heterocycles. The molecular weight excluding hydrogens is 422 g/mol. The number of aliphatic imine (C=N–C) groups is 1. The maximum absolute atomic E-state index is 13.9. The molecule has 1 atom stereocenters. The number of aryl methyl sites for hydroxylation is 1. The van der Waals surface area contributed by atoms with E-state index in [4.69, 9.17) is 4.99 Å². The molecule has 1 N–H and O–H groups in total. The maximum Gasteiger partial charge on any atom is 0.248 e. The zero-order chi connectivity index (χ0) is 23.5. The third-order valence-electron chi connectivity index (χ3n) is 6.76. The number of para-hydroxylation sites is 2. The summed E-state index contributed by atoms with van der Waals surface area (Å²) in [5.74, 6) is -0.0207. The van der Waals surface area contributed by atoms with Crippen LogP contribution in [-0.2, 0) is 4.79 Å². The SMILES string of the molecule is Cc1ccccc1N1C(C(=O)c2ccccc2)=Nc2ccccc2C1C(=O)NC1CCCCC1. The van der Waals surface area contributed by atoms with Gasteiger partial charge in [-0.1, -0.05) is 86.0 Å². The van der Waals surface area contributed by atoms with Gasteiger partial charge in [0.05, 0.1) is 5.69 Å². The van der Waals surface area contributed by atoms with Crippen LogP contribution in [0.25, 0.3) is 0 Å². The number of amides is 1. The lowest BCUT2D eigenvalue weighted by molar-refractivity contribution is -0.123. The molecule has 3 aromatic carbocycles. The summed E-state index contributed by atoms with van der Waals surface area (Å²) in [6, 6.07) is 24.1. The fourth-order valence-corrected chi connectivity index (χ4v) is 5.00. The molecule has 5 nitrogen and oxygen atoms in total. The number of carbonyl (C=O) groups is 2. The quantitative estimate of drug-likeness (QED) is 0.490. The number of fused-ring (bicyclic) bond motifs is 1. The van der Waals surface area contributed by atoms with E-state index in [2.05, 4.69) is 5.32 Å². The van der Waals surface area contributed by atoms with Crippen molar-refractivity contribution in [1.82, 2.24) is 5.32 Å². The Balaban J connectivity index is 1.64. The Morgan fingerprint density at radius 1 is 0.853 bits per heavy atom. The zero-order valence-electron chi connectivity index (χ0n) is 19.4. The highest BCUT2D eigenvalue weighted by atomic mass is 16.2. The number of Topliss-reactive ketones (excluding diaryl/α,β-unsaturated/α-hetero) is 1. The number of hydrogen-bond donors (Lipinski definition) is 1. The summed E-state index contributed by atoms with van der Waals surface area (Å²) in [4.78, 5) is 34.3. The van der Waals surface area contributed by atoms with Crippen molar-refractivity contribution in [2.24, 2.45) is 4.99 Å². The summed E-state index contributed by atoms with van der Waals surface area (Å²) < 4.78 is 0. The van der Waals surface area contributed by atoms with E-state index in [1.54, 1.807) is 12.1 Å². The number of nitrogens with zero attached hydrogens (tertiary/aromatic N) is 2. The van der Waals surface area contributed by atoms with Crippen molar-refractivity contribution in [1.29, 1.82) is 0 Å². The van der Waals surface area contributed by atoms with Gasteiger partial charge in [-0.2, -0.15) is 0 Å². The van der Waals surface area contributed by atoms with Crippen molar-refractivity contribution in [3.05, 3.63) is 95.6 Å². The van der Waals surface area contributed by atoms with Gasteiger partial charge in [0.15, 0.2) is 5.84 Å². The van der Waals surface area contributed by atoms with Crippen molar-refractivity contribution in [3.63, 3.8) is 0 Å². The van der Waals surface area contributed by atoms with Gasteiger partial charge in [0.25, 0.3) is 0 Å². The highest BCUT2D eigenvalue weighted by Crippen LogP contribution is 2.40. The van der Waals surface area contributed by atoms with Crippen LogP contribution in [0.15, 0.2) is 83.9 Å². The molecule has 0 bridgehead atoms. The average molecular weight is 452 g/mol. The van der Waals surface area contributed by atoms with Crippen LogP contribution in [0.5, 0.6) is 0 Å². The summed E-state index contributed by atoms with van der Waals surface area (Å²) in [6.45, 7) is 2.00. The summed E-state index contributed by atoms with van der Waals surface area (Å²) in [7, 11) is 0. The first-order chi connectivity index (χ1) is 16.6. The highest BCUT2D eigenvalue weighted by Gasteiger charge is 2.40. The third kappa shape index (κ3) is 4.26.